The number of amides is 1. The maximum Gasteiger partial charge on any atom is 0.260 e. The van der Waals surface area contributed by atoms with E-state index >= 15 is 0 Å². The van der Waals surface area contributed by atoms with Gasteiger partial charge < -0.3 is 15.0 Å². The number of hydrogen-bond acceptors (Lipinski definition) is 3. The highest BCUT2D eigenvalue weighted by Crippen LogP contribution is 2.29. The van der Waals surface area contributed by atoms with E-state index in [9.17, 15) is 4.79 Å². The molecular weight excluding hydrogens is 320 g/mol. The van der Waals surface area contributed by atoms with Gasteiger partial charge >= 0.3 is 0 Å². The summed E-state index contributed by atoms with van der Waals surface area (Å²) in [6.45, 7) is 7.58. The Kier molecular flexibility index (Phi) is 7.02. The molecule has 0 aliphatic carbocycles. The van der Waals surface area contributed by atoms with E-state index in [1.54, 1.807) is 11.9 Å². The summed E-state index contributed by atoms with van der Waals surface area (Å²) < 4.78 is 6.57. The number of nitrogens with one attached hydrogen (secondary N) is 1. The molecule has 0 saturated carbocycles. The fourth-order valence-corrected chi connectivity index (χ4v) is 2.11. The first-order valence-electron chi connectivity index (χ1n) is 6.83. The van der Waals surface area contributed by atoms with Crippen LogP contribution in [0.25, 0.3) is 0 Å². The van der Waals surface area contributed by atoms with Gasteiger partial charge in [0.05, 0.1) is 4.47 Å². The molecule has 0 fully saturated rings. The lowest BCUT2D eigenvalue weighted by Crippen LogP contribution is -2.31. The Morgan fingerprint density at radius 3 is 2.75 bits per heavy atom. The highest BCUT2D eigenvalue weighted by atomic mass is 79.9. The van der Waals surface area contributed by atoms with Crippen LogP contribution in [0.15, 0.2) is 22.7 Å². The molecule has 0 unspecified atom stereocenters. The second-order valence-electron chi connectivity index (χ2n) is 4.96. The summed E-state index contributed by atoms with van der Waals surface area (Å²) >= 11 is 3.48. The number of ether oxygens (including phenoxy) is 1. The molecule has 1 amide bonds. The van der Waals surface area contributed by atoms with Crippen molar-refractivity contribution < 1.29 is 9.53 Å². The first-order chi connectivity index (χ1) is 9.45. The lowest BCUT2D eigenvalue weighted by molar-refractivity contribution is -0.131. The molecule has 1 rings (SSSR count). The van der Waals surface area contributed by atoms with Crippen LogP contribution in [0.3, 0.4) is 0 Å². The van der Waals surface area contributed by atoms with E-state index in [0.29, 0.717) is 19.1 Å². The van der Waals surface area contributed by atoms with Crippen molar-refractivity contribution in [2.75, 3.05) is 20.2 Å². The Balaban J connectivity index is 2.74. The molecule has 1 N–H and O–H groups in total. The van der Waals surface area contributed by atoms with Gasteiger partial charge in [-0.15, -0.1) is 0 Å². The average molecular weight is 343 g/mol. The first kappa shape index (κ1) is 17.0. The molecule has 0 bridgehead atoms. The molecule has 0 spiro atoms. The summed E-state index contributed by atoms with van der Waals surface area (Å²) in [5.74, 6) is 0.713. The number of nitrogens with zero attached hydrogens (tertiary/aromatic N) is 1. The number of rotatable bonds is 7. The summed E-state index contributed by atoms with van der Waals surface area (Å²) in [4.78, 5) is 13.4. The molecule has 112 valence electrons. The highest BCUT2D eigenvalue weighted by molar-refractivity contribution is 9.10. The van der Waals surface area contributed by atoms with Gasteiger partial charge in [-0.25, -0.2) is 0 Å². The summed E-state index contributed by atoms with van der Waals surface area (Å²) in [5.41, 5.74) is 1.04. The van der Waals surface area contributed by atoms with E-state index in [1.165, 1.54) is 0 Å². The van der Waals surface area contributed by atoms with Gasteiger partial charge in [-0.3, -0.25) is 4.79 Å². The smallest absolute Gasteiger partial charge is 0.260 e. The number of halogens is 1. The maximum absolute atomic E-state index is 11.8. The lowest BCUT2D eigenvalue weighted by atomic mass is 10.2. The van der Waals surface area contributed by atoms with E-state index < -0.39 is 0 Å². The zero-order chi connectivity index (χ0) is 15.1. The van der Waals surface area contributed by atoms with Crippen molar-refractivity contribution in [1.29, 1.82) is 0 Å². The molecule has 5 heteroatoms. The average Bonchev–Trinajstić information content (AvgIpc) is 2.42. The van der Waals surface area contributed by atoms with E-state index in [-0.39, 0.29) is 12.5 Å². The molecule has 0 saturated heterocycles. The summed E-state index contributed by atoms with van der Waals surface area (Å²) in [7, 11) is 1.77. The van der Waals surface area contributed by atoms with Crippen LogP contribution in [0.1, 0.15) is 26.3 Å². The Morgan fingerprint density at radius 1 is 1.45 bits per heavy atom. The van der Waals surface area contributed by atoms with Gasteiger partial charge in [-0.05, 0) is 28.9 Å². The van der Waals surface area contributed by atoms with Gasteiger partial charge in [0.2, 0.25) is 0 Å². The van der Waals surface area contributed by atoms with Gasteiger partial charge in [-0.1, -0.05) is 26.0 Å². The second-order valence-corrected chi connectivity index (χ2v) is 5.81. The van der Waals surface area contributed by atoms with Crippen LogP contribution < -0.4 is 10.1 Å². The van der Waals surface area contributed by atoms with Gasteiger partial charge in [0, 0.05) is 31.7 Å². The third-order valence-electron chi connectivity index (χ3n) is 2.99. The maximum atomic E-state index is 11.8. The van der Waals surface area contributed by atoms with E-state index in [1.807, 2.05) is 25.1 Å². The minimum atomic E-state index is -0.0222. The van der Waals surface area contributed by atoms with Crippen molar-refractivity contribution in [1.82, 2.24) is 10.2 Å². The molecule has 0 radical (unpaired) electrons. The monoisotopic (exact) mass is 342 g/mol. The van der Waals surface area contributed by atoms with Crippen LogP contribution >= 0.6 is 15.9 Å². The van der Waals surface area contributed by atoms with Crippen LogP contribution in [-0.4, -0.2) is 37.0 Å². The number of likely N-dealkylation sites (N-methyl/N-ethyl adjacent to an activating group) is 1. The van der Waals surface area contributed by atoms with Crippen molar-refractivity contribution >= 4 is 21.8 Å². The summed E-state index contributed by atoms with van der Waals surface area (Å²) in [6, 6.07) is 6.29. The number of benzene rings is 1. The zero-order valence-electron chi connectivity index (χ0n) is 12.6. The molecule has 0 aliphatic rings. The molecule has 1 aromatic carbocycles. The number of hydrogen-bond donors (Lipinski definition) is 1. The number of para-hydroxylation sites is 1. The fraction of sp³-hybridized carbons (Fsp3) is 0.533. The van der Waals surface area contributed by atoms with Crippen molar-refractivity contribution in [2.45, 2.75) is 33.4 Å². The van der Waals surface area contributed by atoms with Crippen LogP contribution in [0.5, 0.6) is 5.75 Å². The molecule has 4 nitrogen and oxygen atoms in total. The second kappa shape index (κ2) is 8.27. The van der Waals surface area contributed by atoms with Gasteiger partial charge in [0.25, 0.3) is 5.91 Å². The van der Waals surface area contributed by atoms with Crippen LogP contribution in [0.4, 0.5) is 0 Å². The molecule has 0 aliphatic heterocycles. The number of carbonyl (C=O) groups excluding carboxylic acids is 1. The Morgan fingerprint density at radius 2 is 2.15 bits per heavy atom. The predicted molar refractivity (Wildman–Crippen MR) is 84.9 cm³/mol. The van der Waals surface area contributed by atoms with E-state index in [0.717, 1.165) is 15.8 Å². The zero-order valence-corrected chi connectivity index (χ0v) is 14.2. The lowest BCUT2D eigenvalue weighted by Gasteiger charge is -2.18. The first-order valence-corrected chi connectivity index (χ1v) is 7.62. The molecule has 0 atom stereocenters. The summed E-state index contributed by atoms with van der Waals surface area (Å²) in [5, 5.41) is 3.35. The van der Waals surface area contributed by atoms with E-state index in [4.69, 9.17) is 4.74 Å². The van der Waals surface area contributed by atoms with Crippen LogP contribution in [-0.2, 0) is 11.3 Å². The molecular formula is C15H23BrN2O2. The Hall–Kier alpha value is -1.07. The minimum absolute atomic E-state index is 0.0222. The summed E-state index contributed by atoms with van der Waals surface area (Å²) in [6.07, 6.45) is 0. The standard InChI is InChI=1S/C15H23BrN2O2/c1-5-18(4)14(19)10-20-15-12(9-17-11(2)3)7-6-8-13(15)16/h6-8,11,17H,5,9-10H2,1-4H3. The predicted octanol–water partition coefficient (Wildman–Crippen LogP) is 2.80. The van der Waals surface area contributed by atoms with E-state index in [2.05, 4.69) is 35.1 Å². The topological polar surface area (TPSA) is 41.6 Å². The molecule has 20 heavy (non-hydrogen) atoms. The third-order valence-corrected chi connectivity index (χ3v) is 3.61. The largest absolute Gasteiger partial charge is 0.482 e. The number of carbonyl (C=O) groups is 1. The normalized spacial score (nSPS) is 10.7. The van der Waals surface area contributed by atoms with Crippen molar-refractivity contribution in [3.8, 4) is 5.75 Å². The molecule has 0 aromatic heterocycles. The molecule has 0 heterocycles. The van der Waals surface area contributed by atoms with Crippen molar-refractivity contribution in [2.24, 2.45) is 0 Å². The van der Waals surface area contributed by atoms with Gasteiger partial charge in [0.15, 0.2) is 6.61 Å². The highest BCUT2D eigenvalue weighted by Gasteiger charge is 2.12. The Bertz CT molecular complexity index is 449. The van der Waals surface area contributed by atoms with Crippen LogP contribution in [0, 0.1) is 0 Å². The fourth-order valence-electron chi connectivity index (χ4n) is 1.59. The SMILES string of the molecule is CCN(C)C(=O)COc1c(Br)cccc1CNC(C)C. The van der Waals surface area contributed by atoms with Crippen molar-refractivity contribution in [3.63, 3.8) is 0 Å². The van der Waals surface area contributed by atoms with Crippen molar-refractivity contribution in [3.05, 3.63) is 28.2 Å². The molecule has 1 aromatic rings. The quantitative estimate of drug-likeness (QED) is 0.828. The Labute approximate surface area is 129 Å². The van der Waals surface area contributed by atoms with Crippen LogP contribution in [0.2, 0.25) is 0 Å². The van der Waals surface area contributed by atoms with Gasteiger partial charge in [0.1, 0.15) is 5.75 Å². The van der Waals surface area contributed by atoms with Gasteiger partial charge in [-0.2, -0.15) is 0 Å². The third kappa shape index (κ3) is 5.13. The minimum Gasteiger partial charge on any atom is -0.482 e.